The van der Waals surface area contributed by atoms with E-state index in [-0.39, 0.29) is 11.8 Å². The van der Waals surface area contributed by atoms with Crippen LogP contribution in [0.25, 0.3) is 10.9 Å². The van der Waals surface area contributed by atoms with Crippen LogP contribution in [0, 0.1) is 0 Å². The molecule has 2 N–H and O–H groups in total. The summed E-state index contributed by atoms with van der Waals surface area (Å²) in [6, 6.07) is 3.80. The van der Waals surface area contributed by atoms with Crippen LogP contribution >= 0.6 is 15.9 Å². The molecule has 0 aliphatic carbocycles. The summed E-state index contributed by atoms with van der Waals surface area (Å²) in [6.07, 6.45) is 3.13. The highest BCUT2D eigenvalue weighted by Gasteiger charge is 2.25. The van der Waals surface area contributed by atoms with Crippen molar-refractivity contribution in [1.29, 1.82) is 0 Å². The van der Waals surface area contributed by atoms with Crippen LogP contribution in [-0.2, 0) is 4.79 Å². The molecular formula is C14H14BrN3O2. The minimum Gasteiger partial charge on any atom is -0.359 e. The summed E-state index contributed by atoms with van der Waals surface area (Å²) in [7, 11) is 1.60. The van der Waals surface area contributed by atoms with Gasteiger partial charge in [-0.1, -0.05) is 15.9 Å². The van der Waals surface area contributed by atoms with Crippen LogP contribution in [0.3, 0.4) is 0 Å². The smallest absolute Gasteiger partial charge is 0.253 e. The molecule has 0 radical (unpaired) electrons. The van der Waals surface area contributed by atoms with E-state index < -0.39 is 0 Å². The first kappa shape index (κ1) is 13.2. The van der Waals surface area contributed by atoms with Gasteiger partial charge in [-0.15, -0.1) is 0 Å². The number of benzene rings is 1. The first-order chi connectivity index (χ1) is 9.61. The zero-order valence-corrected chi connectivity index (χ0v) is 12.6. The van der Waals surface area contributed by atoms with Crippen molar-refractivity contribution in [3.05, 3.63) is 28.4 Å². The van der Waals surface area contributed by atoms with E-state index in [1.165, 1.54) is 0 Å². The van der Waals surface area contributed by atoms with E-state index in [0.29, 0.717) is 12.0 Å². The van der Waals surface area contributed by atoms with E-state index in [1.54, 1.807) is 18.1 Å². The maximum absolute atomic E-state index is 11.9. The van der Waals surface area contributed by atoms with Crippen LogP contribution < -0.4 is 10.2 Å². The van der Waals surface area contributed by atoms with E-state index in [2.05, 4.69) is 26.2 Å². The van der Waals surface area contributed by atoms with Gasteiger partial charge < -0.3 is 15.2 Å². The fraction of sp³-hybridized carbons (Fsp3) is 0.286. The zero-order chi connectivity index (χ0) is 14.3. The van der Waals surface area contributed by atoms with Crippen LogP contribution in [0.1, 0.15) is 23.2 Å². The van der Waals surface area contributed by atoms with Gasteiger partial charge in [0.15, 0.2) is 0 Å². The normalized spacial score (nSPS) is 15.1. The first-order valence-corrected chi connectivity index (χ1v) is 7.24. The average Bonchev–Trinajstić information content (AvgIpc) is 3.03. The van der Waals surface area contributed by atoms with Crippen molar-refractivity contribution in [2.24, 2.45) is 0 Å². The predicted molar refractivity (Wildman–Crippen MR) is 81.0 cm³/mol. The van der Waals surface area contributed by atoms with Gasteiger partial charge in [0, 0.05) is 36.1 Å². The van der Waals surface area contributed by atoms with Gasteiger partial charge >= 0.3 is 0 Å². The van der Waals surface area contributed by atoms with Crippen molar-refractivity contribution >= 4 is 44.3 Å². The highest BCUT2D eigenvalue weighted by atomic mass is 79.9. The maximum Gasteiger partial charge on any atom is 0.253 e. The molecule has 3 rings (SSSR count). The number of H-pyrrole nitrogens is 1. The van der Waals surface area contributed by atoms with E-state index in [1.807, 2.05) is 12.1 Å². The Morgan fingerprint density at radius 2 is 2.25 bits per heavy atom. The van der Waals surface area contributed by atoms with Crippen LogP contribution in [0.2, 0.25) is 0 Å². The molecule has 0 unspecified atom stereocenters. The number of hydrogen-bond acceptors (Lipinski definition) is 2. The van der Waals surface area contributed by atoms with Gasteiger partial charge in [-0.2, -0.15) is 0 Å². The van der Waals surface area contributed by atoms with Gasteiger partial charge in [0.25, 0.3) is 5.91 Å². The summed E-state index contributed by atoms with van der Waals surface area (Å²) in [5.41, 5.74) is 2.23. The molecule has 6 heteroatoms. The van der Waals surface area contributed by atoms with Crippen molar-refractivity contribution < 1.29 is 9.59 Å². The quantitative estimate of drug-likeness (QED) is 0.885. The SMILES string of the molecule is CNC(=O)c1c[nH]c2c(N3CCCC3=O)cc(Br)cc12. The Kier molecular flexibility index (Phi) is 3.25. The maximum atomic E-state index is 11.9. The largest absolute Gasteiger partial charge is 0.359 e. The van der Waals surface area contributed by atoms with E-state index in [0.717, 1.165) is 34.0 Å². The molecule has 1 aliphatic rings. The number of rotatable bonds is 2. The molecule has 1 fully saturated rings. The molecule has 0 saturated carbocycles. The molecule has 20 heavy (non-hydrogen) atoms. The number of aromatic nitrogens is 1. The van der Waals surface area contributed by atoms with Gasteiger partial charge in [-0.05, 0) is 18.6 Å². The number of nitrogens with zero attached hydrogens (tertiary/aromatic N) is 1. The number of carbonyl (C=O) groups is 2. The summed E-state index contributed by atoms with van der Waals surface area (Å²) in [5.74, 6) is -0.0199. The number of carbonyl (C=O) groups excluding carboxylic acids is 2. The van der Waals surface area contributed by atoms with Gasteiger partial charge in [0.2, 0.25) is 5.91 Å². The number of halogens is 1. The monoisotopic (exact) mass is 335 g/mol. The van der Waals surface area contributed by atoms with Gasteiger partial charge in [0.1, 0.15) is 0 Å². The lowest BCUT2D eigenvalue weighted by molar-refractivity contribution is -0.117. The Balaban J connectivity index is 2.20. The Bertz CT molecular complexity index is 708. The van der Waals surface area contributed by atoms with Gasteiger partial charge in [-0.3, -0.25) is 9.59 Å². The number of nitrogens with one attached hydrogen (secondary N) is 2. The van der Waals surface area contributed by atoms with Gasteiger partial charge in [0.05, 0.1) is 16.8 Å². The molecule has 2 amide bonds. The van der Waals surface area contributed by atoms with Crippen LogP contribution in [0.15, 0.2) is 22.8 Å². The molecule has 2 heterocycles. The number of amides is 2. The van der Waals surface area contributed by atoms with Crippen molar-refractivity contribution in [3.8, 4) is 0 Å². The van der Waals surface area contributed by atoms with E-state index in [9.17, 15) is 9.59 Å². The number of anilines is 1. The fourth-order valence-electron chi connectivity index (χ4n) is 2.62. The topological polar surface area (TPSA) is 65.2 Å². The lowest BCUT2D eigenvalue weighted by Crippen LogP contribution is -2.24. The second-order valence-corrected chi connectivity index (χ2v) is 5.69. The highest BCUT2D eigenvalue weighted by molar-refractivity contribution is 9.10. The lowest BCUT2D eigenvalue weighted by atomic mass is 10.1. The third kappa shape index (κ3) is 2.00. The number of aromatic amines is 1. The minimum atomic E-state index is -0.145. The van der Waals surface area contributed by atoms with Crippen LogP contribution in [0.4, 0.5) is 5.69 Å². The summed E-state index contributed by atoms with van der Waals surface area (Å²) in [6.45, 7) is 0.721. The number of fused-ring (bicyclic) bond motifs is 1. The average molecular weight is 336 g/mol. The summed E-state index contributed by atoms with van der Waals surface area (Å²) >= 11 is 3.46. The van der Waals surface area contributed by atoms with Crippen molar-refractivity contribution in [2.45, 2.75) is 12.8 Å². The number of hydrogen-bond donors (Lipinski definition) is 2. The molecule has 1 saturated heterocycles. The zero-order valence-electron chi connectivity index (χ0n) is 11.0. The predicted octanol–water partition coefficient (Wildman–Crippen LogP) is 2.42. The van der Waals surface area contributed by atoms with Crippen molar-refractivity contribution in [3.63, 3.8) is 0 Å². The highest BCUT2D eigenvalue weighted by Crippen LogP contribution is 2.34. The molecule has 0 spiro atoms. The van der Waals surface area contributed by atoms with Crippen LogP contribution in [0.5, 0.6) is 0 Å². The van der Waals surface area contributed by atoms with Crippen LogP contribution in [-0.4, -0.2) is 30.4 Å². The van der Waals surface area contributed by atoms with Crippen molar-refractivity contribution in [2.75, 3.05) is 18.5 Å². The molecule has 0 bridgehead atoms. The first-order valence-electron chi connectivity index (χ1n) is 6.45. The Morgan fingerprint density at radius 3 is 2.90 bits per heavy atom. The third-order valence-electron chi connectivity index (χ3n) is 3.57. The van der Waals surface area contributed by atoms with E-state index >= 15 is 0 Å². The molecular weight excluding hydrogens is 322 g/mol. The Morgan fingerprint density at radius 1 is 1.45 bits per heavy atom. The van der Waals surface area contributed by atoms with E-state index in [4.69, 9.17) is 0 Å². The fourth-order valence-corrected chi connectivity index (χ4v) is 3.06. The Hall–Kier alpha value is -1.82. The third-order valence-corrected chi connectivity index (χ3v) is 4.03. The molecule has 1 aromatic carbocycles. The van der Waals surface area contributed by atoms with Crippen molar-refractivity contribution in [1.82, 2.24) is 10.3 Å². The molecule has 1 aliphatic heterocycles. The summed E-state index contributed by atoms with van der Waals surface area (Å²) in [5, 5.41) is 3.44. The molecule has 1 aromatic heterocycles. The minimum absolute atomic E-state index is 0.125. The van der Waals surface area contributed by atoms with Gasteiger partial charge in [-0.25, -0.2) is 0 Å². The Labute approximate surface area is 124 Å². The summed E-state index contributed by atoms with van der Waals surface area (Å²) in [4.78, 5) is 28.7. The second-order valence-electron chi connectivity index (χ2n) is 4.78. The lowest BCUT2D eigenvalue weighted by Gasteiger charge is -2.17. The molecule has 5 nitrogen and oxygen atoms in total. The summed E-state index contributed by atoms with van der Waals surface area (Å²) < 4.78 is 0.851. The molecule has 0 atom stereocenters. The standard InChI is InChI=1S/C14H14BrN3O2/c1-16-14(20)10-7-17-13-9(10)5-8(15)6-11(13)18-4-2-3-12(18)19/h5-7,17H,2-4H2,1H3,(H,16,20). The molecule has 2 aromatic rings. The molecule has 104 valence electrons. The second kappa shape index (κ2) is 4.94.